The van der Waals surface area contributed by atoms with E-state index in [0.29, 0.717) is 11.8 Å². The van der Waals surface area contributed by atoms with E-state index in [0.717, 1.165) is 45.2 Å². The normalized spacial score (nSPS) is 19.6. The highest BCUT2D eigenvalue weighted by Crippen LogP contribution is 2.16. The van der Waals surface area contributed by atoms with E-state index in [4.69, 9.17) is 9.15 Å². The lowest BCUT2D eigenvalue weighted by atomic mass is 10.0. The minimum Gasteiger partial charge on any atom is -0.468 e. The average molecular weight is 294 g/mol. The summed E-state index contributed by atoms with van der Waals surface area (Å²) in [6, 6.07) is 2.17. The van der Waals surface area contributed by atoms with Crippen LogP contribution in [0.2, 0.25) is 0 Å². The zero-order valence-electron chi connectivity index (χ0n) is 13.7. The quantitative estimate of drug-likeness (QED) is 0.800. The standard InChI is InChI=1S/C17H30N2O2/c1-14(2)8-18-9-16-7-17(21-13-16)11-19(3)10-15-5-4-6-20-12-15/h7,13-15,18H,4-6,8-12H2,1-3H3. The summed E-state index contributed by atoms with van der Waals surface area (Å²) in [4.78, 5) is 2.34. The van der Waals surface area contributed by atoms with Crippen molar-refractivity contribution in [2.24, 2.45) is 11.8 Å². The molecule has 1 saturated heterocycles. The van der Waals surface area contributed by atoms with Gasteiger partial charge in [-0.05, 0) is 44.3 Å². The second-order valence-corrected chi connectivity index (χ2v) is 6.73. The van der Waals surface area contributed by atoms with Gasteiger partial charge in [-0.25, -0.2) is 0 Å². The van der Waals surface area contributed by atoms with E-state index in [2.05, 4.69) is 37.2 Å². The molecule has 0 saturated carbocycles. The fourth-order valence-electron chi connectivity index (χ4n) is 2.83. The summed E-state index contributed by atoms with van der Waals surface area (Å²) in [6.07, 6.45) is 4.36. The van der Waals surface area contributed by atoms with Crippen molar-refractivity contribution in [2.45, 2.75) is 39.8 Å². The molecular weight excluding hydrogens is 264 g/mol. The van der Waals surface area contributed by atoms with Crippen molar-refractivity contribution in [3.63, 3.8) is 0 Å². The molecule has 0 aromatic carbocycles. The summed E-state index contributed by atoms with van der Waals surface area (Å²) >= 11 is 0. The lowest BCUT2D eigenvalue weighted by Crippen LogP contribution is -2.30. The van der Waals surface area contributed by atoms with Crippen LogP contribution in [-0.2, 0) is 17.8 Å². The molecule has 2 rings (SSSR count). The van der Waals surface area contributed by atoms with E-state index in [1.165, 1.54) is 18.4 Å². The average Bonchev–Trinajstić information content (AvgIpc) is 2.86. The van der Waals surface area contributed by atoms with E-state index in [1.54, 1.807) is 0 Å². The Kier molecular flexibility index (Phi) is 6.74. The maximum absolute atomic E-state index is 5.67. The van der Waals surface area contributed by atoms with Crippen LogP contribution in [0.25, 0.3) is 0 Å². The number of ether oxygens (including phenoxy) is 1. The molecule has 1 aromatic heterocycles. The molecule has 1 fully saturated rings. The minimum atomic E-state index is 0.672. The predicted octanol–water partition coefficient (Wildman–Crippen LogP) is 2.88. The lowest BCUT2D eigenvalue weighted by Gasteiger charge is -2.26. The molecule has 120 valence electrons. The molecule has 4 heteroatoms. The first-order chi connectivity index (χ1) is 10.1. The van der Waals surface area contributed by atoms with Crippen molar-refractivity contribution in [1.29, 1.82) is 0 Å². The van der Waals surface area contributed by atoms with E-state index in [1.807, 2.05) is 6.26 Å². The van der Waals surface area contributed by atoms with Crippen LogP contribution in [0.4, 0.5) is 0 Å². The highest BCUT2D eigenvalue weighted by atomic mass is 16.5. The van der Waals surface area contributed by atoms with Gasteiger partial charge in [-0.15, -0.1) is 0 Å². The van der Waals surface area contributed by atoms with Crippen molar-refractivity contribution in [3.8, 4) is 0 Å². The largest absolute Gasteiger partial charge is 0.468 e. The first-order valence-electron chi connectivity index (χ1n) is 8.16. The molecule has 21 heavy (non-hydrogen) atoms. The number of nitrogens with zero attached hydrogens (tertiary/aromatic N) is 1. The summed E-state index contributed by atoms with van der Waals surface area (Å²) in [6.45, 7) is 10.2. The van der Waals surface area contributed by atoms with Gasteiger partial charge in [0, 0.05) is 25.3 Å². The van der Waals surface area contributed by atoms with Gasteiger partial charge in [0.2, 0.25) is 0 Å². The lowest BCUT2D eigenvalue weighted by molar-refractivity contribution is 0.0404. The summed E-state index contributed by atoms with van der Waals surface area (Å²) in [5.41, 5.74) is 1.24. The van der Waals surface area contributed by atoms with Crippen LogP contribution < -0.4 is 5.32 Å². The second kappa shape index (κ2) is 8.57. The highest BCUT2D eigenvalue weighted by molar-refractivity contribution is 5.12. The SMILES string of the molecule is CC(C)CNCc1coc(CN(C)CC2CCCOC2)c1. The zero-order valence-corrected chi connectivity index (χ0v) is 13.7. The van der Waals surface area contributed by atoms with Gasteiger partial charge in [-0.2, -0.15) is 0 Å². The van der Waals surface area contributed by atoms with E-state index < -0.39 is 0 Å². The van der Waals surface area contributed by atoms with Crippen LogP contribution in [0.5, 0.6) is 0 Å². The fraction of sp³-hybridized carbons (Fsp3) is 0.765. The summed E-state index contributed by atoms with van der Waals surface area (Å²) in [5.74, 6) is 2.40. The Labute approximate surface area is 128 Å². The van der Waals surface area contributed by atoms with Crippen LogP contribution in [0.1, 0.15) is 38.0 Å². The number of hydrogen-bond acceptors (Lipinski definition) is 4. The first-order valence-corrected chi connectivity index (χ1v) is 8.16. The topological polar surface area (TPSA) is 37.6 Å². The molecule has 0 bridgehead atoms. The van der Waals surface area contributed by atoms with Crippen LogP contribution in [-0.4, -0.2) is 38.3 Å². The number of furan rings is 1. The molecule has 0 radical (unpaired) electrons. The number of rotatable bonds is 8. The van der Waals surface area contributed by atoms with Gasteiger partial charge >= 0.3 is 0 Å². The van der Waals surface area contributed by atoms with E-state index in [-0.39, 0.29) is 0 Å². The molecule has 1 atom stereocenters. The van der Waals surface area contributed by atoms with Gasteiger partial charge in [0.1, 0.15) is 5.76 Å². The van der Waals surface area contributed by atoms with Crippen LogP contribution in [0.3, 0.4) is 0 Å². The van der Waals surface area contributed by atoms with Crippen molar-refractivity contribution in [3.05, 3.63) is 23.7 Å². The Morgan fingerprint density at radius 3 is 3.00 bits per heavy atom. The van der Waals surface area contributed by atoms with Crippen molar-refractivity contribution < 1.29 is 9.15 Å². The third-order valence-electron chi connectivity index (χ3n) is 3.84. The first kappa shape index (κ1) is 16.5. The fourth-order valence-corrected chi connectivity index (χ4v) is 2.83. The summed E-state index contributed by atoms with van der Waals surface area (Å²) < 4.78 is 11.2. The Morgan fingerprint density at radius 2 is 2.29 bits per heavy atom. The number of hydrogen-bond donors (Lipinski definition) is 1. The smallest absolute Gasteiger partial charge is 0.118 e. The van der Waals surface area contributed by atoms with Gasteiger partial charge in [-0.3, -0.25) is 4.90 Å². The van der Waals surface area contributed by atoms with Crippen LogP contribution in [0, 0.1) is 11.8 Å². The Bertz CT molecular complexity index is 397. The molecule has 1 unspecified atom stereocenters. The van der Waals surface area contributed by atoms with Crippen LogP contribution >= 0.6 is 0 Å². The van der Waals surface area contributed by atoms with Gasteiger partial charge in [0.05, 0.1) is 19.4 Å². The molecule has 1 aliphatic heterocycles. The van der Waals surface area contributed by atoms with Crippen molar-refractivity contribution in [1.82, 2.24) is 10.2 Å². The van der Waals surface area contributed by atoms with Crippen LogP contribution in [0.15, 0.2) is 16.7 Å². The van der Waals surface area contributed by atoms with Gasteiger partial charge in [0.25, 0.3) is 0 Å². The Morgan fingerprint density at radius 1 is 1.43 bits per heavy atom. The van der Waals surface area contributed by atoms with E-state index >= 15 is 0 Å². The van der Waals surface area contributed by atoms with Gasteiger partial charge < -0.3 is 14.5 Å². The highest BCUT2D eigenvalue weighted by Gasteiger charge is 2.16. The molecule has 0 amide bonds. The van der Waals surface area contributed by atoms with E-state index in [9.17, 15) is 0 Å². The molecule has 0 spiro atoms. The molecule has 1 N–H and O–H groups in total. The monoisotopic (exact) mass is 294 g/mol. The predicted molar refractivity (Wildman–Crippen MR) is 85.1 cm³/mol. The van der Waals surface area contributed by atoms with Crippen molar-refractivity contribution in [2.75, 3.05) is 33.4 Å². The summed E-state index contributed by atoms with van der Waals surface area (Å²) in [7, 11) is 2.16. The molecule has 0 aliphatic carbocycles. The third kappa shape index (κ3) is 6.20. The maximum atomic E-state index is 5.67. The van der Waals surface area contributed by atoms with Gasteiger partial charge in [0.15, 0.2) is 0 Å². The Hall–Kier alpha value is -0.840. The number of nitrogens with one attached hydrogen (secondary N) is 1. The second-order valence-electron chi connectivity index (χ2n) is 6.73. The molecule has 1 aliphatic rings. The molecule has 2 heterocycles. The minimum absolute atomic E-state index is 0.672. The van der Waals surface area contributed by atoms with Gasteiger partial charge in [-0.1, -0.05) is 13.8 Å². The zero-order chi connectivity index (χ0) is 15.1. The van der Waals surface area contributed by atoms with Crippen molar-refractivity contribution >= 4 is 0 Å². The molecule has 1 aromatic rings. The Balaban J connectivity index is 1.70. The third-order valence-corrected chi connectivity index (χ3v) is 3.84. The maximum Gasteiger partial charge on any atom is 0.118 e. The molecule has 4 nitrogen and oxygen atoms in total. The molecular formula is C17H30N2O2. The summed E-state index contributed by atoms with van der Waals surface area (Å²) in [5, 5.41) is 3.44.